The number of hydrogen-bond acceptors (Lipinski definition) is 4. The molecule has 0 aliphatic carbocycles. The predicted molar refractivity (Wildman–Crippen MR) is 98.9 cm³/mol. The van der Waals surface area contributed by atoms with Crippen LogP contribution < -0.4 is 14.8 Å². The van der Waals surface area contributed by atoms with Crippen LogP contribution in [0.4, 0.5) is 18.9 Å². The van der Waals surface area contributed by atoms with Crippen LogP contribution in [0.15, 0.2) is 54.6 Å². The highest BCUT2D eigenvalue weighted by Crippen LogP contribution is 2.23. The van der Waals surface area contributed by atoms with Crippen LogP contribution in [0.2, 0.25) is 0 Å². The van der Waals surface area contributed by atoms with Crippen LogP contribution in [0.5, 0.6) is 5.75 Å². The molecule has 2 N–H and O–H groups in total. The molecule has 6 nitrogen and oxygen atoms in total. The molecule has 0 spiro atoms. The lowest BCUT2D eigenvalue weighted by atomic mass is 10.2. The zero-order chi connectivity index (χ0) is 20.8. The second-order valence-corrected chi connectivity index (χ2v) is 7.49. The molecule has 0 unspecified atom stereocenters. The Hall–Kier alpha value is -3.01. The number of ether oxygens (including phenoxy) is 1. The number of carbonyl (C=O) groups excluding carboxylic acids is 1. The smallest absolute Gasteiger partial charge is 0.406 e. The van der Waals surface area contributed by atoms with Gasteiger partial charge in [-0.3, -0.25) is 9.52 Å². The van der Waals surface area contributed by atoms with Gasteiger partial charge < -0.3 is 10.1 Å². The van der Waals surface area contributed by atoms with Gasteiger partial charge in [0.15, 0.2) is 0 Å². The monoisotopic (exact) mass is 414 g/mol. The molecule has 0 aromatic heterocycles. The van der Waals surface area contributed by atoms with Gasteiger partial charge in [0.25, 0.3) is 0 Å². The van der Waals surface area contributed by atoms with Crippen molar-refractivity contribution in [3.05, 3.63) is 65.7 Å². The van der Waals surface area contributed by atoms with Gasteiger partial charge in [0, 0.05) is 18.3 Å². The molecule has 0 heterocycles. The summed E-state index contributed by atoms with van der Waals surface area (Å²) in [5.41, 5.74) is 1.58. The molecule has 0 atom stereocenters. The van der Waals surface area contributed by atoms with Crippen LogP contribution in [0, 0.1) is 0 Å². The van der Waals surface area contributed by atoms with Gasteiger partial charge in [-0.1, -0.05) is 24.3 Å². The first-order chi connectivity index (χ1) is 13.0. The standard InChI is InChI=1S/C18H17F3N2O4S/c1-28(25,26)23-15-4-2-3-14(11-15)12-22-17(24)10-7-13-5-8-16(9-6-13)27-18(19,20)21/h2-11,23H,12H2,1H3,(H,22,24)/b10-7+. The Labute approximate surface area is 160 Å². The maximum absolute atomic E-state index is 12.1. The molecule has 150 valence electrons. The number of carbonyl (C=O) groups is 1. The van der Waals surface area contributed by atoms with Gasteiger partial charge in [0.2, 0.25) is 15.9 Å². The normalized spacial score (nSPS) is 12.0. The number of anilines is 1. The molecule has 2 aromatic carbocycles. The Bertz CT molecular complexity index is 956. The third-order valence-electron chi connectivity index (χ3n) is 3.24. The van der Waals surface area contributed by atoms with E-state index in [1.165, 1.54) is 24.3 Å². The molecule has 0 radical (unpaired) electrons. The molecule has 0 aliphatic heterocycles. The largest absolute Gasteiger partial charge is 0.573 e. The molecular formula is C18H17F3N2O4S. The van der Waals surface area contributed by atoms with Gasteiger partial charge in [-0.25, -0.2) is 8.42 Å². The van der Waals surface area contributed by atoms with Gasteiger partial charge in [-0.05, 0) is 41.5 Å². The Kier molecular flexibility index (Phi) is 6.68. The van der Waals surface area contributed by atoms with Gasteiger partial charge in [0.05, 0.1) is 6.26 Å². The zero-order valence-corrected chi connectivity index (χ0v) is 15.5. The molecule has 0 bridgehead atoms. The molecule has 2 rings (SSSR count). The first-order valence-corrected chi connectivity index (χ1v) is 9.78. The van der Waals surface area contributed by atoms with Crippen molar-refractivity contribution in [2.24, 2.45) is 0 Å². The number of halogens is 3. The van der Waals surface area contributed by atoms with Gasteiger partial charge in [-0.2, -0.15) is 0 Å². The summed E-state index contributed by atoms with van der Waals surface area (Å²) in [7, 11) is -3.40. The van der Waals surface area contributed by atoms with E-state index < -0.39 is 22.3 Å². The average molecular weight is 414 g/mol. The first-order valence-electron chi connectivity index (χ1n) is 7.89. The maximum atomic E-state index is 12.1. The number of alkyl halides is 3. The third-order valence-corrected chi connectivity index (χ3v) is 3.84. The number of sulfonamides is 1. The molecular weight excluding hydrogens is 397 g/mol. The SMILES string of the molecule is CS(=O)(=O)Nc1cccc(CNC(=O)/C=C/c2ccc(OC(F)(F)F)cc2)c1. The van der Waals surface area contributed by atoms with E-state index in [4.69, 9.17) is 0 Å². The topological polar surface area (TPSA) is 84.5 Å². The average Bonchev–Trinajstić information content (AvgIpc) is 2.57. The van der Waals surface area contributed by atoms with Crippen molar-refractivity contribution in [3.8, 4) is 5.75 Å². The van der Waals surface area contributed by atoms with Crippen LogP contribution >= 0.6 is 0 Å². The minimum atomic E-state index is -4.76. The van der Waals surface area contributed by atoms with Crippen LogP contribution in [0.3, 0.4) is 0 Å². The molecule has 28 heavy (non-hydrogen) atoms. The van der Waals surface area contributed by atoms with Crippen LogP contribution in [-0.4, -0.2) is 26.9 Å². The number of benzene rings is 2. The van der Waals surface area contributed by atoms with Gasteiger partial charge >= 0.3 is 6.36 Å². The van der Waals surface area contributed by atoms with E-state index in [1.54, 1.807) is 24.3 Å². The summed E-state index contributed by atoms with van der Waals surface area (Å²) < 4.78 is 64.9. The molecule has 0 fully saturated rings. The summed E-state index contributed by atoms with van der Waals surface area (Å²) >= 11 is 0. The zero-order valence-electron chi connectivity index (χ0n) is 14.7. The van der Waals surface area contributed by atoms with Gasteiger partial charge in [0.1, 0.15) is 5.75 Å². The molecule has 0 saturated carbocycles. The van der Waals surface area contributed by atoms with Crippen molar-refractivity contribution in [1.82, 2.24) is 5.32 Å². The van der Waals surface area contributed by atoms with E-state index in [0.717, 1.165) is 18.4 Å². The van der Waals surface area contributed by atoms with Crippen LogP contribution in [-0.2, 0) is 21.4 Å². The van der Waals surface area contributed by atoms with Crippen molar-refractivity contribution in [2.75, 3.05) is 11.0 Å². The van der Waals surface area contributed by atoms with E-state index >= 15 is 0 Å². The van der Waals surface area contributed by atoms with Crippen molar-refractivity contribution < 1.29 is 31.1 Å². The van der Waals surface area contributed by atoms with E-state index in [9.17, 15) is 26.4 Å². The third kappa shape index (κ3) is 8.12. The molecule has 0 aliphatic rings. The highest BCUT2D eigenvalue weighted by atomic mass is 32.2. The number of rotatable bonds is 7. The fourth-order valence-electron chi connectivity index (χ4n) is 2.16. The van der Waals surface area contributed by atoms with Crippen LogP contribution in [0.25, 0.3) is 6.08 Å². The number of hydrogen-bond donors (Lipinski definition) is 2. The summed E-state index contributed by atoms with van der Waals surface area (Å²) in [6, 6.07) is 11.6. The van der Waals surface area contributed by atoms with Gasteiger partial charge in [-0.15, -0.1) is 13.2 Å². The Morgan fingerprint density at radius 3 is 2.43 bits per heavy atom. The van der Waals surface area contributed by atoms with E-state index in [-0.39, 0.29) is 12.3 Å². The quantitative estimate of drug-likeness (QED) is 0.681. The summed E-state index contributed by atoms with van der Waals surface area (Å²) in [5.74, 6) is -0.770. The Balaban J connectivity index is 1.89. The number of amides is 1. The van der Waals surface area contributed by atoms with Crippen molar-refractivity contribution in [1.29, 1.82) is 0 Å². The maximum Gasteiger partial charge on any atom is 0.573 e. The minimum Gasteiger partial charge on any atom is -0.406 e. The fraction of sp³-hybridized carbons (Fsp3) is 0.167. The Morgan fingerprint density at radius 1 is 1.14 bits per heavy atom. The predicted octanol–water partition coefficient (Wildman–Crippen LogP) is 3.29. The second kappa shape index (κ2) is 8.79. The van der Waals surface area contributed by atoms with Crippen molar-refractivity contribution >= 4 is 27.7 Å². The highest BCUT2D eigenvalue weighted by Gasteiger charge is 2.30. The number of nitrogens with one attached hydrogen (secondary N) is 2. The molecule has 10 heteroatoms. The summed E-state index contributed by atoms with van der Waals surface area (Å²) in [4.78, 5) is 11.9. The molecule has 2 aromatic rings. The summed E-state index contributed by atoms with van der Waals surface area (Å²) in [5, 5.41) is 2.63. The van der Waals surface area contributed by atoms with Crippen LogP contribution in [0.1, 0.15) is 11.1 Å². The first kappa shape index (κ1) is 21.3. The second-order valence-electron chi connectivity index (χ2n) is 5.74. The Morgan fingerprint density at radius 2 is 1.82 bits per heavy atom. The van der Waals surface area contributed by atoms with E-state index in [1.807, 2.05) is 0 Å². The molecule has 1 amide bonds. The van der Waals surface area contributed by atoms with E-state index in [2.05, 4.69) is 14.8 Å². The molecule has 0 saturated heterocycles. The van der Waals surface area contributed by atoms with Crippen molar-refractivity contribution in [2.45, 2.75) is 12.9 Å². The highest BCUT2D eigenvalue weighted by molar-refractivity contribution is 7.92. The summed E-state index contributed by atoms with van der Waals surface area (Å²) in [6.45, 7) is 0.167. The fourth-order valence-corrected chi connectivity index (χ4v) is 2.71. The lowest BCUT2D eigenvalue weighted by Gasteiger charge is -2.08. The van der Waals surface area contributed by atoms with Crippen molar-refractivity contribution in [3.63, 3.8) is 0 Å². The summed E-state index contributed by atoms with van der Waals surface area (Å²) in [6.07, 6.45) is -1.05. The lowest BCUT2D eigenvalue weighted by Crippen LogP contribution is -2.20. The van der Waals surface area contributed by atoms with E-state index in [0.29, 0.717) is 16.8 Å². The lowest BCUT2D eigenvalue weighted by molar-refractivity contribution is -0.274. The minimum absolute atomic E-state index is 0.167.